The van der Waals surface area contributed by atoms with Crippen LogP contribution in [0.15, 0.2) is 24.3 Å². The molecule has 0 amide bonds. The SMILES string of the molecule is COc1ccccc1C1CNCC12CCCC2. The fourth-order valence-corrected chi connectivity index (χ4v) is 3.80. The third-order valence-electron chi connectivity index (χ3n) is 4.68. The molecule has 1 heterocycles. The van der Waals surface area contributed by atoms with Gasteiger partial charge in [0.1, 0.15) is 5.75 Å². The molecule has 1 aliphatic heterocycles. The Hall–Kier alpha value is -1.02. The average molecular weight is 231 g/mol. The fraction of sp³-hybridized carbons (Fsp3) is 0.600. The molecule has 0 aromatic heterocycles. The van der Waals surface area contributed by atoms with Crippen molar-refractivity contribution in [1.82, 2.24) is 5.32 Å². The van der Waals surface area contributed by atoms with Crippen LogP contribution in [0.2, 0.25) is 0 Å². The first-order chi connectivity index (χ1) is 8.36. The largest absolute Gasteiger partial charge is 0.496 e. The van der Waals surface area contributed by atoms with Crippen LogP contribution in [-0.4, -0.2) is 20.2 Å². The Balaban J connectivity index is 1.97. The van der Waals surface area contributed by atoms with Gasteiger partial charge in [-0.05, 0) is 29.9 Å². The summed E-state index contributed by atoms with van der Waals surface area (Å²) in [5.74, 6) is 1.70. The van der Waals surface area contributed by atoms with Gasteiger partial charge >= 0.3 is 0 Å². The Morgan fingerprint density at radius 3 is 2.76 bits per heavy atom. The van der Waals surface area contributed by atoms with Gasteiger partial charge in [-0.2, -0.15) is 0 Å². The topological polar surface area (TPSA) is 21.3 Å². The summed E-state index contributed by atoms with van der Waals surface area (Å²) >= 11 is 0. The van der Waals surface area contributed by atoms with Gasteiger partial charge < -0.3 is 10.1 Å². The van der Waals surface area contributed by atoms with Gasteiger partial charge in [0.15, 0.2) is 0 Å². The molecular formula is C15H21NO. The third-order valence-corrected chi connectivity index (χ3v) is 4.68. The van der Waals surface area contributed by atoms with Crippen molar-refractivity contribution in [2.45, 2.75) is 31.6 Å². The molecule has 1 aliphatic carbocycles. The summed E-state index contributed by atoms with van der Waals surface area (Å²) in [5.41, 5.74) is 1.91. The van der Waals surface area contributed by atoms with Gasteiger partial charge in [0, 0.05) is 19.0 Å². The monoisotopic (exact) mass is 231 g/mol. The zero-order valence-electron chi connectivity index (χ0n) is 10.5. The van der Waals surface area contributed by atoms with Crippen molar-refractivity contribution in [3.05, 3.63) is 29.8 Å². The van der Waals surface area contributed by atoms with Crippen molar-refractivity contribution in [2.24, 2.45) is 5.41 Å². The van der Waals surface area contributed by atoms with Crippen molar-refractivity contribution in [2.75, 3.05) is 20.2 Å². The van der Waals surface area contributed by atoms with Gasteiger partial charge in [0.2, 0.25) is 0 Å². The summed E-state index contributed by atoms with van der Waals surface area (Å²) in [7, 11) is 1.78. The summed E-state index contributed by atoms with van der Waals surface area (Å²) < 4.78 is 5.53. The van der Waals surface area contributed by atoms with E-state index in [4.69, 9.17) is 4.74 Å². The minimum absolute atomic E-state index is 0.509. The van der Waals surface area contributed by atoms with Gasteiger partial charge in [-0.25, -0.2) is 0 Å². The van der Waals surface area contributed by atoms with Crippen molar-refractivity contribution in [3.8, 4) is 5.75 Å². The average Bonchev–Trinajstić information content (AvgIpc) is 3.00. The number of rotatable bonds is 2. The highest BCUT2D eigenvalue weighted by Gasteiger charge is 2.45. The summed E-state index contributed by atoms with van der Waals surface area (Å²) in [6, 6.07) is 8.54. The number of ether oxygens (including phenoxy) is 1. The highest BCUT2D eigenvalue weighted by atomic mass is 16.5. The number of nitrogens with one attached hydrogen (secondary N) is 1. The second-order valence-electron chi connectivity index (χ2n) is 5.49. The first-order valence-corrected chi connectivity index (χ1v) is 6.69. The van der Waals surface area contributed by atoms with E-state index < -0.39 is 0 Å². The van der Waals surface area contributed by atoms with E-state index in [0.29, 0.717) is 11.3 Å². The summed E-state index contributed by atoms with van der Waals surface area (Å²) in [5, 5.41) is 3.60. The van der Waals surface area contributed by atoms with Crippen LogP contribution in [0.5, 0.6) is 5.75 Å². The van der Waals surface area contributed by atoms with Crippen LogP contribution in [0.1, 0.15) is 37.2 Å². The zero-order valence-corrected chi connectivity index (χ0v) is 10.5. The van der Waals surface area contributed by atoms with Crippen molar-refractivity contribution < 1.29 is 4.74 Å². The lowest BCUT2D eigenvalue weighted by atomic mass is 9.73. The van der Waals surface area contributed by atoms with Crippen molar-refractivity contribution in [3.63, 3.8) is 0 Å². The van der Waals surface area contributed by atoms with E-state index >= 15 is 0 Å². The molecule has 2 aliphatic rings. The van der Waals surface area contributed by atoms with Crippen LogP contribution in [0.4, 0.5) is 0 Å². The smallest absolute Gasteiger partial charge is 0.122 e. The molecule has 92 valence electrons. The van der Waals surface area contributed by atoms with Gasteiger partial charge in [-0.15, -0.1) is 0 Å². The number of hydrogen-bond donors (Lipinski definition) is 1. The summed E-state index contributed by atoms with van der Waals surface area (Å²) in [6.45, 7) is 2.30. The van der Waals surface area contributed by atoms with Crippen LogP contribution in [0.3, 0.4) is 0 Å². The molecule has 17 heavy (non-hydrogen) atoms. The quantitative estimate of drug-likeness (QED) is 0.845. The number of para-hydroxylation sites is 1. The maximum atomic E-state index is 5.53. The number of methoxy groups -OCH3 is 1. The first-order valence-electron chi connectivity index (χ1n) is 6.69. The van der Waals surface area contributed by atoms with Crippen LogP contribution < -0.4 is 10.1 Å². The molecule has 2 heteroatoms. The third kappa shape index (κ3) is 1.75. The maximum Gasteiger partial charge on any atom is 0.122 e. The molecule has 1 unspecified atom stereocenters. The Bertz CT molecular complexity index is 390. The molecule has 1 spiro atoms. The molecule has 1 N–H and O–H groups in total. The summed E-state index contributed by atoms with van der Waals surface area (Å²) in [6.07, 6.45) is 5.55. The van der Waals surface area contributed by atoms with E-state index in [2.05, 4.69) is 29.6 Å². The molecule has 3 rings (SSSR count). The highest BCUT2D eigenvalue weighted by Crippen LogP contribution is 2.52. The number of benzene rings is 1. The van der Waals surface area contributed by atoms with Gasteiger partial charge in [-0.3, -0.25) is 0 Å². The lowest BCUT2D eigenvalue weighted by molar-refractivity contribution is 0.288. The van der Waals surface area contributed by atoms with E-state index in [-0.39, 0.29) is 0 Å². The van der Waals surface area contributed by atoms with E-state index in [0.717, 1.165) is 12.3 Å². The minimum Gasteiger partial charge on any atom is -0.496 e. The molecule has 1 aromatic carbocycles. The Labute approximate surface area is 103 Å². The van der Waals surface area contributed by atoms with Crippen LogP contribution in [0.25, 0.3) is 0 Å². The fourth-order valence-electron chi connectivity index (χ4n) is 3.80. The Kier molecular flexibility index (Phi) is 2.83. The lowest BCUT2D eigenvalue weighted by Gasteiger charge is -2.31. The zero-order chi connectivity index (χ0) is 11.7. The van der Waals surface area contributed by atoms with E-state index in [1.165, 1.54) is 37.8 Å². The lowest BCUT2D eigenvalue weighted by Crippen LogP contribution is -2.25. The second kappa shape index (κ2) is 4.34. The summed E-state index contributed by atoms with van der Waals surface area (Å²) in [4.78, 5) is 0. The van der Waals surface area contributed by atoms with Crippen LogP contribution in [-0.2, 0) is 0 Å². The molecule has 0 bridgehead atoms. The van der Waals surface area contributed by atoms with E-state index in [9.17, 15) is 0 Å². The van der Waals surface area contributed by atoms with Gasteiger partial charge in [0.25, 0.3) is 0 Å². The molecule has 1 saturated heterocycles. The Morgan fingerprint density at radius 2 is 2.00 bits per heavy atom. The van der Waals surface area contributed by atoms with E-state index in [1.807, 2.05) is 0 Å². The number of hydrogen-bond acceptors (Lipinski definition) is 2. The molecule has 2 fully saturated rings. The van der Waals surface area contributed by atoms with Crippen LogP contribution >= 0.6 is 0 Å². The molecule has 1 aromatic rings. The van der Waals surface area contributed by atoms with Gasteiger partial charge in [-0.1, -0.05) is 31.0 Å². The van der Waals surface area contributed by atoms with Crippen molar-refractivity contribution in [1.29, 1.82) is 0 Å². The standard InChI is InChI=1S/C15H21NO/c1-17-14-7-3-2-6-12(14)13-10-16-11-15(13)8-4-5-9-15/h2-3,6-7,13,16H,4-5,8-11H2,1H3. The van der Waals surface area contributed by atoms with Crippen molar-refractivity contribution >= 4 is 0 Å². The molecule has 2 nitrogen and oxygen atoms in total. The van der Waals surface area contributed by atoms with E-state index in [1.54, 1.807) is 7.11 Å². The normalized spacial score (nSPS) is 26.5. The Morgan fingerprint density at radius 1 is 1.24 bits per heavy atom. The second-order valence-corrected chi connectivity index (χ2v) is 5.49. The predicted octanol–water partition coefficient (Wildman–Crippen LogP) is 2.94. The predicted molar refractivity (Wildman–Crippen MR) is 69.5 cm³/mol. The maximum absolute atomic E-state index is 5.53. The molecular weight excluding hydrogens is 210 g/mol. The van der Waals surface area contributed by atoms with Gasteiger partial charge in [0.05, 0.1) is 7.11 Å². The first kappa shape index (κ1) is 11.1. The molecule has 0 radical (unpaired) electrons. The highest BCUT2D eigenvalue weighted by molar-refractivity contribution is 5.39. The molecule has 1 atom stereocenters. The van der Waals surface area contributed by atoms with Crippen LogP contribution in [0, 0.1) is 5.41 Å². The minimum atomic E-state index is 0.509. The molecule has 1 saturated carbocycles.